The van der Waals surface area contributed by atoms with Crippen molar-refractivity contribution >= 4 is 13.7 Å². The van der Waals surface area contributed by atoms with Gasteiger partial charge in [0.05, 0.1) is 39.9 Å². The summed E-state index contributed by atoms with van der Waals surface area (Å²) in [5, 5.41) is 13.8. The second-order valence-electron chi connectivity index (χ2n) is 18.5. The summed E-state index contributed by atoms with van der Waals surface area (Å²) >= 11 is 0. The van der Waals surface area contributed by atoms with E-state index in [4.69, 9.17) is 9.05 Å². The fraction of sp³-hybridized carbons (Fsp3) is 0.759. The molecule has 3 atom stereocenters. The summed E-state index contributed by atoms with van der Waals surface area (Å²) in [6.07, 6.45) is 61.3. The maximum atomic E-state index is 12.9. The molecule has 0 saturated carbocycles. The van der Waals surface area contributed by atoms with E-state index in [0.29, 0.717) is 17.4 Å². The number of rotatable bonds is 46. The van der Waals surface area contributed by atoms with Gasteiger partial charge in [0.1, 0.15) is 13.2 Å². The average molecular weight is 903 g/mol. The molecular weight excluding hydrogens is 804 g/mol. The van der Waals surface area contributed by atoms with E-state index in [9.17, 15) is 19.4 Å². The molecule has 366 valence electrons. The van der Waals surface area contributed by atoms with Gasteiger partial charge in [0.25, 0.3) is 7.82 Å². The van der Waals surface area contributed by atoms with Crippen molar-refractivity contribution in [2.75, 3.05) is 40.9 Å². The van der Waals surface area contributed by atoms with E-state index in [2.05, 4.69) is 79.9 Å². The quantitative estimate of drug-likeness (QED) is 0.0273. The molecule has 0 heterocycles. The number of allylic oxidation sites excluding steroid dienone is 11. The first-order chi connectivity index (χ1) is 30.5. The smallest absolute Gasteiger partial charge is 0.268 e. The summed E-state index contributed by atoms with van der Waals surface area (Å²) in [7, 11) is 1.21. The van der Waals surface area contributed by atoms with Gasteiger partial charge >= 0.3 is 0 Å². The van der Waals surface area contributed by atoms with Gasteiger partial charge in [-0.05, 0) is 70.6 Å². The number of hydrogen-bond acceptors (Lipinski definition) is 6. The number of amides is 1. The number of nitrogens with zero attached hydrogens (tertiary/aromatic N) is 1. The highest BCUT2D eigenvalue weighted by Crippen LogP contribution is 2.38. The number of aliphatic hydroxyl groups excluding tert-OH is 1. The molecule has 0 rings (SSSR count). The predicted molar refractivity (Wildman–Crippen MR) is 270 cm³/mol. The number of hydrogen-bond donors (Lipinski definition) is 2. The Morgan fingerprint density at radius 2 is 0.984 bits per heavy atom. The lowest BCUT2D eigenvalue weighted by Crippen LogP contribution is -2.45. The first kappa shape index (κ1) is 60.9. The minimum Gasteiger partial charge on any atom is -0.756 e. The van der Waals surface area contributed by atoms with Gasteiger partial charge in [-0.3, -0.25) is 9.36 Å². The number of likely N-dealkylation sites (N-methyl/N-ethyl adjacent to an activating group) is 1. The Labute approximate surface area is 389 Å². The number of unbranched alkanes of at least 4 members (excludes halogenated alkanes) is 23. The van der Waals surface area contributed by atoms with Crippen LogP contribution in [0.3, 0.4) is 0 Å². The number of carbonyl (C=O) groups excluding carboxylic acids is 1. The Balaban J connectivity index is 4.34. The van der Waals surface area contributed by atoms with Gasteiger partial charge in [-0.1, -0.05) is 209 Å². The molecule has 8 nitrogen and oxygen atoms in total. The molecule has 0 aliphatic rings. The molecule has 63 heavy (non-hydrogen) atoms. The zero-order valence-corrected chi connectivity index (χ0v) is 42.4. The number of carbonyl (C=O) groups is 1. The second kappa shape index (κ2) is 45.1. The third-order valence-corrected chi connectivity index (χ3v) is 12.1. The largest absolute Gasteiger partial charge is 0.756 e. The Bertz CT molecular complexity index is 1250. The van der Waals surface area contributed by atoms with Crippen LogP contribution in [-0.4, -0.2) is 68.5 Å². The van der Waals surface area contributed by atoms with Crippen LogP contribution in [0.2, 0.25) is 0 Å². The normalized spacial score (nSPS) is 14.7. The van der Waals surface area contributed by atoms with Crippen molar-refractivity contribution < 1.29 is 32.9 Å². The number of quaternary nitrogens is 1. The monoisotopic (exact) mass is 903 g/mol. The molecule has 0 bridgehead atoms. The van der Waals surface area contributed by atoms with Gasteiger partial charge in [0.15, 0.2) is 0 Å². The van der Waals surface area contributed by atoms with Gasteiger partial charge in [-0.2, -0.15) is 0 Å². The highest BCUT2D eigenvalue weighted by atomic mass is 31.2. The van der Waals surface area contributed by atoms with Gasteiger partial charge in [0, 0.05) is 6.42 Å². The molecule has 9 heteroatoms. The Morgan fingerprint density at radius 3 is 1.48 bits per heavy atom. The van der Waals surface area contributed by atoms with Crippen LogP contribution in [0.1, 0.15) is 213 Å². The molecule has 3 unspecified atom stereocenters. The SMILES string of the molecule is CC/C=C\C/C=C\C/C=C\C/C=C\CCCCC(=O)NC(COP(=O)([O-])OCC[N+](C)(C)C)C(O)/C=C/CC/C=C/CCCCCCCCCCCCCCCCCCCCCC. The number of nitrogens with one attached hydrogen (secondary N) is 1. The summed E-state index contributed by atoms with van der Waals surface area (Å²) < 4.78 is 23.2. The van der Waals surface area contributed by atoms with Gasteiger partial charge in [0.2, 0.25) is 5.91 Å². The lowest BCUT2D eigenvalue weighted by atomic mass is 10.0. The molecule has 0 spiro atoms. The summed E-state index contributed by atoms with van der Waals surface area (Å²) in [6.45, 7) is 4.48. The molecule has 2 N–H and O–H groups in total. The van der Waals surface area contributed by atoms with E-state index in [1.807, 2.05) is 27.2 Å². The minimum atomic E-state index is -4.62. The molecule has 0 fully saturated rings. The van der Waals surface area contributed by atoms with Crippen LogP contribution in [0.25, 0.3) is 0 Å². The third kappa shape index (κ3) is 47.7. The van der Waals surface area contributed by atoms with Crippen molar-refractivity contribution in [3.8, 4) is 0 Å². The van der Waals surface area contributed by atoms with E-state index in [1.165, 1.54) is 128 Å². The molecule has 1 amide bonds. The Kier molecular flexibility index (Phi) is 43.6. The molecule has 0 saturated heterocycles. The zero-order valence-electron chi connectivity index (χ0n) is 41.5. The lowest BCUT2D eigenvalue weighted by molar-refractivity contribution is -0.870. The fourth-order valence-electron chi connectivity index (χ4n) is 7.10. The van der Waals surface area contributed by atoms with Crippen LogP contribution in [0.5, 0.6) is 0 Å². The second-order valence-corrected chi connectivity index (χ2v) is 19.9. The lowest BCUT2D eigenvalue weighted by Gasteiger charge is -2.29. The minimum absolute atomic E-state index is 0.0177. The number of aliphatic hydroxyl groups is 1. The summed E-state index contributed by atoms with van der Waals surface area (Å²) in [4.78, 5) is 25.3. The van der Waals surface area contributed by atoms with E-state index < -0.39 is 26.6 Å². The molecule has 0 aliphatic heterocycles. The fourth-order valence-corrected chi connectivity index (χ4v) is 7.82. The van der Waals surface area contributed by atoms with E-state index in [1.54, 1.807) is 6.08 Å². The topological polar surface area (TPSA) is 108 Å². The summed E-state index contributed by atoms with van der Waals surface area (Å²) in [5.41, 5.74) is 0. The average Bonchev–Trinajstić information content (AvgIpc) is 3.24. The first-order valence-electron chi connectivity index (χ1n) is 25.8. The van der Waals surface area contributed by atoms with Crippen molar-refractivity contribution in [2.24, 2.45) is 0 Å². The van der Waals surface area contributed by atoms with Gasteiger partial charge in [-0.25, -0.2) is 0 Å². The van der Waals surface area contributed by atoms with Crippen LogP contribution < -0.4 is 10.2 Å². The van der Waals surface area contributed by atoms with Crippen LogP contribution in [0.4, 0.5) is 0 Å². The summed E-state index contributed by atoms with van der Waals surface area (Å²) in [6, 6.07) is -0.929. The number of phosphoric ester groups is 1. The molecule has 0 radical (unpaired) electrons. The van der Waals surface area contributed by atoms with Crippen molar-refractivity contribution in [3.05, 3.63) is 72.9 Å². The Hall–Kier alpha value is -2.06. The van der Waals surface area contributed by atoms with Crippen molar-refractivity contribution in [2.45, 2.75) is 225 Å². The standard InChI is InChI=1S/C54H99N2O6P/c1-6-8-10-12-14-16-18-20-22-23-24-25-26-27-28-29-30-31-32-34-35-37-39-41-43-45-47-53(57)52(51-62-63(59,60)61-50-49-56(3,4)5)55-54(58)48-46-44-42-40-38-36-33-21-19-17-15-13-11-9-7-2/h9,11,15,17,21,33,37-40,45,47,52-53,57H,6-8,10,12-14,16,18-20,22-32,34-36,41-44,46,48-51H2,1-5H3,(H-,55,58,59,60)/b11-9-,17-15-,33-21-,39-37+,40-38-,47-45+. The van der Waals surface area contributed by atoms with Crippen LogP contribution in [0.15, 0.2) is 72.9 Å². The van der Waals surface area contributed by atoms with Gasteiger partial charge < -0.3 is 28.8 Å². The maximum Gasteiger partial charge on any atom is 0.268 e. The van der Waals surface area contributed by atoms with Crippen molar-refractivity contribution in [1.29, 1.82) is 0 Å². The molecule has 0 aliphatic carbocycles. The van der Waals surface area contributed by atoms with E-state index in [-0.39, 0.29) is 18.9 Å². The zero-order chi connectivity index (χ0) is 46.4. The summed E-state index contributed by atoms with van der Waals surface area (Å²) in [5.74, 6) is -0.249. The predicted octanol–water partition coefficient (Wildman–Crippen LogP) is 14.5. The van der Waals surface area contributed by atoms with Gasteiger partial charge in [-0.15, -0.1) is 0 Å². The molecule has 0 aromatic rings. The first-order valence-corrected chi connectivity index (χ1v) is 27.3. The third-order valence-electron chi connectivity index (χ3n) is 11.2. The van der Waals surface area contributed by atoms with Crippen molar-refractivity contribution in [3.63, 3.8) is 0 Å². The molecule has 0 aromatic heterocycles. The highest BCUT2D eigenvalue weighted by Gasteiger charge is 2.23. The van der Waals surface area contributed by atoms with E-state index >= 15 is 0 Å². The molecular formula is C54H99N2O6P. The van der Waals surface area contributed by atoms with Crippen LogP contribution in [-0.2, 0) is 18.4 Å². The highest BCUT2D eigenvalue weighted by molar-refractivity contribution is 7.45. The Morgan fingerprint density at radius 1 is 0.571 bits per heavy atom. The number of phosphoric acid groups is 1. The van der Waals surface area contributed by atoms with Crippen LogP contribution >= 0.6 is 7.82 Å². The van der Waals surface area contributed by atoms with Crippen LogP contribution in [0, 0.1) is 0 Å². The van der Waals surface area contributed by atoms with Crippen molar-refractivity contribution in [1.82, 2.24) is 5.32 Å². The molecule has 0 aromatic carbocycles. The van der Waals surface area contributed by atoms with E-state index in [0.717, 1.165) is 57.8 Å². The maximum absolute atomic E-state index is 12.9.